The number of rotatable bonds is 4. The molecule has 0 aliphatic carbocycles. The Bertz CT molecular complexity index is 611. The Morgan fingerprint density at radius 2 is 1.84 bits per heavy atom. The molecule has 0 radical (unpaired) electrons. The molecule has 19 heavy (non-hydrogen) atoms. The molecule has 0 bridgehead atoms. The van der Waals surface area contributed by atoms with Crippen LogP contribution in [0.25, 0.3) is 10.8 Å². The van der Waals surface area contributed by atoms with Gasteiger partial charge < -0.3 is 10.4 Å². The summed E-state index contributed by atoms with van der Waals surface area (Å²) in [7, 11) is 0. The number of aliphatic carboxylic acids is 1. The van der Waals surface area contributed by atoms with Crippen molar-refractivity contribution in [3.63, 3.8) is 0 Å². The van der Waals surface area contributed by atoms with Crippen LogP contribution in [0.1, 0.15) is 19.5 Å². The molecular formula is C14H17N3O2. The fourth-order valence-electron chi connectivity index (χ4n) is 2.01. The average Bonchev–Trinajstić information content (AvgIpc) is 2.37. The molecule has 0 spiro atoms. The van der Waals surface area contributed by atoms with E-state index in [-0.39, 0.29) is 5.92 Å². The van der Waals surface area contributed by atoms with Crippen LogP contribution in [0.15, 0.2) is 24.3 Å². The summed E-state index contributed by atoms with van der Waals surface area (Å²) < 4.78 is 0. The lowest BCUT2D eigenvalue weighted by Gasteiger charge is -2.19. The highest BCUT2D eigenvalue weighted by Gasteiger charge is 2.22. The summed E-state index contributed by atoms with van der Waals surface area (Å²) in [6.45, 7) is 5.60. The van der Waals surface area contributed by atoms with Gasteiger partial charge >= 0.3 is 5.97 Å². The number of nitrogens with one attached hydrogen (secondary N) is 1. The van der Waals surface area contributed by atoms with Gasteiger partial charge in [-0.25, -0.2) is 4.79 Å². The quantitative estimate of drug-likeness (QED) is 0.882. The number of fused-ring (bicyclic) bond motifs is 1. The van der Waals surface area contributed by atoms with E-state index in [4.69, 9.17) is 0 Å². The summed E-state index contributed by atoms with van der Waals surface area (Å²) in [5.41, 5.74) is 0.831. The number of nitrogens with zero attached hydrogens (tertiary/aromatic N) is 2. The minimum atomic E-state index is -0.888. The Labute approximate surface area is 111 Å². The molecule has 0 aliphatic rings. The third-order valence-electron chi connectivity index (χ3n) is 3.10. The van der Waals surface area contributed by atoms with Gasteiger partial charge in [-0.05, 0) is 12.8 Å². The lowest BCUT2D eigenvalue weighted by atomic mass is 10.0. The maximum atomic E-state index is 11.2. The molecule has 0 aliphatic heterocycles. The van der Waals surface area contributed by atoms with Crippen LogP contribution in [0.2, 0.25) is 0 Å². The molecule has 0 saturated carbocycles. The summed E-state index contributed by atoms with van der Waals surface area (Å²) in [5.74, 6) is -0.414. The first-order valence-electron chi connectivity index (χ1n) is 6.22. The van der Waals surface area contributed by atoms with Gasteiger partial charge in [0.25, 0.3) is 0 Å². The van der Waals surface area contributed by atoms with Gasteiger partial charge in [-0.15, -0.1) is 5.10 Å². The Hall–Kier alpha value is -2.17. The van der Waals surface area contributed by atoms with Crippen LogP contribution < -0.4 is 5.32 Å². The lowest BCUT2D eigenvalue weighted by molar-refractivity contribution is -0.138. The second-order valence-electron chi connectivity index (χ2n) is 4.88. The van der Waals surface area contributed by atoms with Crippen LogP contribution in [0.3, 0.4) is 0 Å². The Balaban J connectivity index is 2.46. The monoisotopic (exact) mass is 259 g/mol. The highest BCUT2D eigenvalue weighted by molar-refractivity contribution is 5.94. The van der Waals surface area contributed by atoms with Crippen molar-refractivity contribution in [2.24, 2.45) is 5.92 Å². The predicted octanol–water partition coefficient (Wildman–Crippen LogP) is 2.46. The molecule has 1 aromatic carbocycles. The number of carboxylic acids is 1. The average molecular weight is 259 g/mol. The summed E-state index contributed by atoms with van der Waals surface area (Å²) >= 11 is 0. The number of hydrogen-bond acceptors (Lipinski definition) is 4. The van der Waals surface area contributed by atoms with Crippen molar-refractivity contribution in [3.05, 3.63) is 30.0 Å². The third kappa shape index (κ3) is 2.65. The van der Waals surface area contributed by atoms with Crippen molar-refractivity contribution in [1.82, 2.24) is 10.2 Å². The van der Waals surface area contributed by atoms with E-state index in [1.807, 2.05) is 45.0 Å². The van der Waals surface area contributed by atoms with Gasteiger partial charge in [0.15, 0.2) is 5.82 Å². The highest BCUT2D eigenvalue weighted by atomic mass is 16.4. The van der Waals surface area contributed by atoms with Crippen molar-refractivity contribution in [2.45, 2.75) is 26.8 Å². The number of carbonyl (C=O) groups is 1. The van der Waals surface area contributed by atoms with Gasteiger partial charge in [-0.3, -0.25) is 0 Å². The van der Waals surface area contributed by atoms with Gasteiger partial charge in [0, 0.05) is 10.8 Å². The Morgan fingerprint density at radius 1 is 1.21 bits per heavy atom. The highest BCUT2D eigenvalue weighted by Crippen LogP contribution is 2.23. The van der Waals surface area contributed by atoms with E-state index in [1.54, 1.807) is 0 Å². The number of carboxylic acid groups (broad SMARTS) is 1. The Morgan fingerprint density at radius 3 is 2.42 bits per heavy atom. The number of aryl methyl sites for hydroxylation is 1. The molecule has 2 N–H and O–H groups in total. The van der Waals surface area contributed by atoms with E-state index in [9.17, 15) is 9.90 Å². The third-order valence-corrected chi connectivity index (χ3v) is 3.10. The largest absolute Gasteiger partial charge is 0.480 e. The predicted molar refractivity (Wildman–Crippen MR) is 74.2 cm³/mol. The van der Waals surface area contributed by atoms with Crippen LogP contribution in [-0.2, 0) is 4.79 Å². The Kier molecular flexibility index (Phi) is 3.64. The van der Waals surface area contributed by atoms with Crippen LogP contribution in [0.4, 0.5) is 5.82 Å². The van der Waals surface area contributed by atoms with Gasteiger partial charge in [0.1, 0.15) is 6.04 Å². The molecule has 1 atom stereocenters. The first kappa shape index (κ1) is 13.3. The molecule has 1 heterocycles. The molecule has 100 valence electrons. The molecule has 5 nitrogen and oxygen atoms in total. The number of benzene rings is 1. The molecule has 2 rings (SSSR count). The summed E-state index contributed by atoms with van der Waals surface area (Å²) in [4.78, 5) is 11.2. The zero-order chi connectivity index (χ0) is 14.0. The van der Waals surface area contributed by atoms with Crippen molar-refractivity contribution in [1.29, 1.82) is 0 Å². The fourth-order valence-corrected chi connectivity index (χ4v) is 2.01. The van der Waals surface area contributed by atoms with Gasteiger partial charge in [0.05, 0.1) is 5.69 Å². The van der Waals surface area contributed by atoms with Crippen LogP contribution in [0, 0.1) is 12.8 Å². The minimum Gasteiger partial charge on any atom is -0.480 e. The van der Waals surface area contributed by atoms with Crippen LogP contribution in [0.5, 0.6) is 0 Å². The first-order chi connectivity index (χ1) is 9.00. The lowest BCUT2D eigenvalue weighted by Crippen LogP contribution is -2.34. The zero-order valence-electron chi connectivity index (χ0n) is 11.2. The van der Waals surface area contributed by atoms with E-state index >= 15 is 0 Å². The summed E-state index contributed by atoms with van der Waals surface area (Å²) in [5, 5.41) is 22.2. The maximum Gasteiger partial charge on any atom is 0.326 e. The molecule has 1 unspecified atom stereocenters. The summed E-state index contributed by atoms with van der Waals surface area (Å²) in [6, 6.07) is 7.02. The second-order valence-corrected chi connectivity index (χ2v) is 4.88. The van der Waals surface area contributed by atoms with E-state index < -0.39 is 12.0 Å². The van der Waals surface area contributed by atoms with Crippen molar-refractivity contribution >= 4 is 22.6 Å². The normalized spacial score (nSPS) is 12.6. The number of aromatic nitrogens is 2. The molecular weight excluding hydrogens is 242 g/mol. The standard InChI is InChI=1S/C14H17N3O2/c1-8(2)12(14(18)19)15-13-11-7-5-4-6-10(11)9(3)16-17-13/h4-8,12H,1-3H3,(H,15,17)(H,18,19). The zero-order valence-corrected chi connectivity index (χ0v) is 11.2. The van der Waals surface area contributed by atoms with Gasteiger partial charge in [-0.1, -0.05) is 38.1 Å². The van der Waals surface area contributed by atoms with Crippen molar-refractivity contribution in [3.8, 4) is 0 Å². The van der Waals surface area contributed by atoms with Crippen LogP contribution in [-0.4, -0.2) is 27.3 Å². The molecule has 1 aromatic heterocycles. The summed E-state index contributed by atoms with van der Waals surface area (Å²) in [6.07, 6.45) is 0. The molecule has 0 fully saturated rings. The smallest absolute Gasteiger partial charge is 0.326 e. The SMILES string of the molecule is Cc1nnc(NC(C(=O)O)C(C)C)c2ccccc12. The number of anilines is 1. The van der Waals surface area contributed by atoms with E-state index in [0.29, 0.717) is 5.82 Å². The molecule has 2 aromatic rings. The maximum absolute atomic E-state index is 11.2. The van der Waals surface area contributed by atoms with Gasteiger partial charge in [-0.2, -0.15) is 5.10 Å². The van der Waals surface area contributed by atoms with Crippen molar-refractivity contribution < 1.29 is 9.90 Å². The van der Waals surface area contributed by atoms with Crippen LogP contribution >= 0.6 is 0 Å². The second kappa shape index (κ2) is 5.22. The van der Waals surface area contributed by atoms with Gasteiger partial charge in [0.2, 0.25) is 0 Å². The molecule has 5 heteroatoms. The van der Waals surface area contributed by atoms with E-state index in [2.05, 4.69) is 15.5 Å². The van der Waals surface area contributed by atoms with E-state index in [1.165, 1.54) is 0 Å². The fraction of sp³-hybridized carbons (Fsp3) is 0.357. The van der Waals surface area contributed by atoms with Crippen molar-refractivity contribution in [2.75, 3.05) is 5.32 Å². The first-order valence-corrected chi connectivity index (χ1v) is 6.22. The minimum absolute atomic E-state index is 0.0423. The topological polar surface area (TPSA) is 75.1 Å². The molecule has 0 saturated heterocycles. The van der Waals surface area contributed by atoms with E-state index in [0.717, 1.165) is 16.5 Å². The number of hydrogen-bond donors (Lipinski definition) is 2. The molecule has 0 amide bonds.